The standard InChI is InChI=1S/C21H31N5O2/c22-21(24-18-8-15-28-19-7-2-1-6-17(18)19)23-9-10-25-11-13-26(14-12-25)20(27)16-4-3-5-16/h1-2,6-7,16,18H,3-5,8-15H2,(H3,22,23,24). The van der Waals surface area contributed by atoms with Crippen molar-refractivity contribution in [3.05, 3.63) is 29.8 Å². The van der Waals surface area contributed by atoms with Crippen LogP contribution in [0.25, 0.3) is 0 Å². The molecule has 7 nitrogen and oxygen atoms in total. The van der Waals surface area contributed by atoms with Gasteiger partial charge in [-0.1, -0.05) is 24.6 Å². The molecule has 1 saturated heterocycles. The van der Waals surface area contributed by atoms with Gasteiger partial charge in [-0.25, -0.2) is 0 Å². The maximum Gasteiger partial charge on any atom is 0.225 e. The van der Waals surface area contributed by atoms with Crippen molar-refractivity contribution in [3.63, 3.8) is 0 Å². The first-order chi connectivity index (χ1) is 13.7. The van der Waals surface area contributed by atoms with Gasteiger partial charge in [0.15, 0.2) is 5.96 Å². The van der Waals surface area contributed by atoms with Crippen molar-refractivity contribution in [2.45, 2.75) is 31.7 Å². The Balaban J connectivity index is 1.20. The Kier molecular flexibility index (Phi) is 6.00. The highest BCUT2D eigenvalue weighted by Gasteiger charge is 2.31. The molecule has 1 unspecified atom stereocenters. The van der Waals surface area contributed by atoms with E-state index in [9.17, 15) is 4.79 Å². The Morgan fingerprint density at radius 2 is 1.96 bits per heavy atom. The van der Waals surface area contributed by atoms with Crippen LogP contribution in [0.4, 0.5) is 0 Å². The van der Waals surface area contributed by atoms with Crippen molar-refractivity contribution in [3.8, 4) is 5.75 Å². The number of guanidine groups is 1. The summed E-state index contributed by atoms with van der Waals surface area (Å²) in [6, 6.07) is 8.22. The van der Waals surface area contributed by atoms with Crippen LogP contribution >= 0.6 is 0 Å². The van der Waals surface area contributed by atoms with Crippen LogP contribution < -0.4 is 15.8 Å². The first-order valence-corrected chi connectivity index (χ1v) is 10.5. The number of amides is 1. The van der Waals surface area contributed by atoms with Crippen LogP contribution in [-0.4, -0.2) is 67.5 Å². The van der Waals surface area contributed by atoms with Gasteiger partial charge in [-0.15, -0.1) is 0 Å². The van der Waals surface area contributed by atoms with E-state index >= 15 is 0 Å². The molecular formula is C21H31N5O2. The summed E-state index contributed by atoms with van der Waals surface area (Å²) in [5.41, 5.74) is 7.26. The third kappa shape index (κ3) is 4.41. The molecule has 1 saturated carbocycles. The van der Waals surface area contributed by atoms with E-state index in [0.717, 1.165) is 63.3 Å². The van der Waals surface area contributed by atoms with Crippen molar-refractivity contribution in [1.82, 2.24) is 15.1 Å². The number of nitrogens with zero attached hydrogens (tertiary/aromatic N) is 3. The number of nitrogens with one attached hydrogen (secondary N) is 1. The Hall–Kier alpha value is -2.28. The lowest BCUT2D eigenvalue weighted by molar-refractivity contribution is -0.139. The SMILES string of the molecule is NC(=NCCN1CCN(C(=O)C2CCC2)CC1)NC1CCOc2ccccc21. The van der Waals surface area contributed by atoms with Gasteiger partial charge in [0.1, 0.15) is 5.75 Å². The van der Waals surface area contributed by atoms with Gasteiger partial charge in [-0.3, -0.25) is 14.7 Å². The molecule has 0 bridgehead atoms. The Labute approximate surface area is 166 Å². The van der Waals surface area contributed by atoms with Gasteiger partial charge < -0.3 is 20.7 Å². The van der Waals surface area contributed by atoms with Crippen LogP contribution in [0.15, 0.2) is 29.3 Å². The fourth-order valence-electron chi connectivity index (χ4n) is 4.13. The molecule has 7 heteroatoms. The number of fused-ring (bicyclic) bond motifs is 1. The molecule has 152 valence electrons. The Bertz CT molecular complexity index is 711. The van der Waals surface area contributed by atoms with E-state index in [1.807, 2.05) is 23.1 Å². The molecule has 3 N–H and O–H groups in total. The first kappa shape index (κ1) is 19.1. The van der Waals surface area contributed by atoms with Gasteiger partial charge in [-0.05, 0) is 18.9 Å². The van der Waals surface area contributed by atoms with E-state index in [4.69, 9.17) is 10.5 Å². The lowest BCUT2D eigenvalue weighted by Crippen LogP contribution is -2.51. The van der Waals surface area contributed by atoms with Gasteiger partial charge >= 0.3 is 0 Å². The van der Waals surface area contributed by atoms with Crippen molar-refractivity contribution < 1.29 is 9.53 Å². The van der Waals surface area contributed by atoms with Crippen molar-refractivity contribution in [2.75, 3.05) is 45.9 Å². The number of benzene rings is 1. The summed E-state index contributed by atoms with van der Waals surface area (Å²) in [4.78, 5) is 21.2. The van der Waals surface area contributed by atoms with Crippen LogP contribution in [0.2, 0.25) is 0 Å². The predicted octanol–water partition coefficient (Wildman–Crippen LogP) is 1.36. The molecule has 1 amide bonds. The number of nitrogens with two attached hydrogens (primary N) is 1. The van der Waals surface area contributed by atoms with Gasteiger partial charge in [-0.2, -0.15) is 0 Å². The minimum absolute atomic E-state index is 0.148. The highest BCUT2D eigenvalue weighted by molar-refractivity contribution is 5.79. The van der Waals surface area contributed by atoms with Crippen LogP contribution in [0.1, 0.15) is 37.3 Å². The van der Waals surface area contributed by atoms with Crippen LogP contribution in [0, 0.1) is 5.92 Å². The molecule has 0 aromatic heterocycles. The monoisotopic (exact) mass is 385 g/mol. The third-order valence-electron chi connectivity index (χ3n) is 6.12. The highest BCUT2D eigenvalue weighted by atomic mass is 16.5. The maximum absolute atomic E-state index is 12.3. The number of rotatable bonds is 5. The zero-order chi connectivity index (χ0) is 19.3. The minimum atomic E-state index is 0.148. The lowest BCUT2D eigenvalue weighted by atomic mass is 9.84. The smallest absolute Gasteiger partial charge is 0.225 e. The van der Waals surface area contributed by atoms with Crippen LogP contribution in [0.5, 0.6) is 5.75 Å². The molecule has 0 radical (unpaired) electrons. The molecule has 2 heterocycles. The zero-order valence-corrected chi connectivity index (χ0v) is 16.5. The molecule has 28 heavy (non-hydrogen) atoms. The molecular weight excluding hydrogens is 354 g/mol. The number of aliphatic imine (C=N–C) groups is 1. The average molecular weight is 386 g/mol. The van der Waals surface area contributed by atoms with Crippen molar-refractivity contribution in [2.24, 2.45) is 16.6 Å². The number of piperazine rings is 1. The zero-order valence-electron chi connectivity index (χ0n) is 16.5. The summed E-state index contributed by atoms with van der Waals surface area (Å²) in [5.74, 6) is 2.08. The fourth-order valence-corrected chi connectivity index (χ4v) is 4.13. The number of ether oxygens (including phenoxy) is 1. The summed E-state index contributed by atoms with van der Waals surface area (Å²) in [6.45, 7) is 5.75. The Morgan fingerprint density at radius 3 is 2.71 bits per heavy atom. The van der Waals surface area contributed by atoms with Gasteiger partial charge in [0.05, 0.1) is 19.2 Å². The molecule has 0 spiro atoms. The summed E-state index contributed by atoms with van der Waals surface area (Å²) in [6.07, 6.45) is 4.25. The average Bonchev–Trinajstić information content (AvgIpc) is 2.67. The van der Waals surface area contributed by atoms with Gasteiger partial charge in [0.2, 0.25) is 5.91 Å². The normalized spacial score (nSPS) is 23.5. The number of hydrogen-bond donors (Lipinski definition) is 2. The summed E-state index contributed by atoms with van der Waals surface area (Å²) in [5, 5.41) is 3.34. The second-order valence-corrected chi connectivity index (χ2v) is 7.93. The van der Waals surface area contributed by atoms with E-state index in [-0.39, 0.29) is 6.04 Å². The fraction of sp³-hybridized carbons (Fsp3) is 0.619. The molecule has 2 aliphatic heterocycles. The van der Waals surface area contributed by atoms with E-state index < -0.39 is 0 Å². The number of hydrogen-bond acceptors (Lipinski definition) is 4. The molecule has 2 fully saturated rings. The third-order valence-corrected chi connectivity index (χ3v) is 6.12. The van der Waals surface area contributed by atoms with E-state index in [2.05, 4.69) is 21.3 Å². The van der Waals surface area contributed by atoms with Gasteiger partial charge in [0.25, 0.3) is 0 Å². The molecule has 1 atom stereocenters. The maximum atomic E-state index is 12.3. The van der Waals surface area contributed by atoms with Gasteiger partial charge in [0, 0.05) is 50.6 Å². The van der Waals surface area contributed by atoms with Crippen molar-refractivity contribution in [1.29, 1.82) is 0 Å². The molecule has 1 aliphatic carbocycles. The molecule has 3 aliphatic rings. The van der Waals surface area contributed by atoms with Crippen molar-refractivity contribution >= 4 is 11.9 Å². The largest absolute Gasteiger partial charge is 0.493 e. The minimum Gasteiger partial charge on any atom is -0.493 e. The van der Waals surface area contributed by atoms with E-state index in [1.54, 1.807) is 0 Å². The topological polar surface area (TPSA) is 83.2 Å². The van der Waals surface area contributed by atoms with Crippen LogP contribution in [-0.2, 0) is 4.79 Å². The highest BCUT2D eigenvalue weighted by Crippen LogP contribution is 2.31. The number of para-hydroxylation sites is 1. The summed E-state index contributed by atoms with van der Waals surface area (Å²) in [7, 11) is 0. The molecule has 1 aromatic carbocycles. The predicted molar refractivity (Wildman–Crippen MR) is 109 cm³/mol. The van der Waals surface area contributed by atoms with E-state index in [0.29, 0.717) is 30.9 Å². The molecule has 4 rings (SSSR count). The second-order valence-electron chi connectivity index (χ2n) is 7.93. The number of carbonyl (C=O) groups excluding carboxylic acids is 1. The lowest BCUT2D eigenvalue weighted by Gasteiger charge is -2.38. The second kappa shape index (κ2) is 8.82. The molecule has 1 aromatic rings. The Morgan fingerprint density at radius 1 is 1.18 bits per heavy atom. The first-order valence-electron chi connectivity index (χ1n) is 10.5. The number of carbonyl (C=O) groups is 1. The quantitative estimate of drug-likeness (QED) is 0.591. The summed E-state index contributed by atoms with van der Waals surface area (Å²) < 4.78 is 5.69. The summed E-state index contributed by atoms with van der Waals surface area (Å²) >= 11 is 0. The van der Waals surface area contributed by atoms with E-state index in [1.165, 1.54) is 6.42 Å². The van der Waals surface area contributed by atoms with Crippen LogP contribution in [0.3, 0.4) is 0 Å².